The number of carbonyl (C=O) groups is 1. The van der Waals surface area contributed by atoms with E-state index in [1.54, 1.807) is 14.1 Å². The molecular formula is C8H9ClN2O2. The van der Waals surface area contributed by atoms with E-state index in [4.69, 9.17) is 11.6 Å². The molecule has 0 fully saturated rings. The van der Waals surface area contributed by atoms with Gasteiger partial charge in [-0.25, -0.2) is 0 Å². The first kappa shape index (κ1) is 9.80. The van der Waals surface area contributed by atoms with Crippen LogP contribution in [0, 0.1) is 5.21 Å². The minimum Gasteiger partial charge on any atom is -0.618 e. The second-order valence-corrected chi connectivity index (χ2v) is 3.10. The van der Waals surface area contributed by atoms with Gasteiger partial charge in [-0.3, -0.25) is 4.79 Å². The third-order valence-electron chi connectivity index (χ3n) is 1.54. The highest BCUT2D eigenvalue weighted by Crippen LogP contribution is 2.11. The van der Waals surface area contributed by atoms with Crippen LogP contribution in [-0.2, 0) is 0 Å². The lowest BCUT2D eigenvalue weighted by atomic mass is 10.2. The first-order valence-corrected chi connectivity index (χ1v) is 4.01. The molecule has 70 valence electrons. The fourth-order valence-corrected chi connectivity index (χ4v) is 1.07. The number of amides is 1. The van der Waals surface area contributed by atoms with E-state index in [-0.39, 0.29) is 16.6 Å². The van der Waals surface area contributed by atoms with Crippen LogP contribution in [0.5, 0.6) is 0 Å². The zero-order chi connectivity index (χ0) is 10.0. The van der Waals surface area contributed by atoms with Gasteiger partial charge in [0, 0.05) is 20.2 Å². The normalized spacial score (nSPS) is 9.77. The average molecular weight is 201 g/mol. The number of carbonyl (C=O) groups excluding carboxylic acids is 1. The van der Waals surface area contributed by atoms with Gasteiger partial charge in [0.05, 0.1) is 0 Å². The topological polar surface area (TPSA) is 47.2 Å². The molecule has 0 unspecified atom stereocenters. The number of aromatic nitrogens is 1. The molecule has 1 aromatic heterocycles. The molecule has 4 nitrogen and oxygen atoms in total. The molecule has 0 N–H and O–H groups in total. The molecule has 0 aliphatic carbocycles. The molecule has 0 saturated carbocycles. The molecule has 1 rings (SSSR count). The average Bonchev–Trinajstić information content (AvgIpc) is 2.08. The second kappa shape index (κ2) is 3.62. The number of nitrogens with zero attached hydrogens (tertiary/aromatic N) is 2. The summed E-state index contributed by atoms with van der Waals surface area (Å²) in [6.07, 6.45) is 1.24. The Balaban J connectivity index is 3.15. The summed E-state index contributed by atoms with van der Waals surface area (Å²) in [5, 5.41) is 10.9. The number of halogens is 1. The van der Waals surface area contributed by atoms with E-state index >= 15 is 0 Å². The van der Waals surface area contributed by atoms with E-state index in [0.29, 0.717) is 4.73 Å². The molecular weight excluding hydrogens is 192 g/mol. The molecule has 1 amide bonds. The Morgan fingerprint density at radius 2 is 2.23 bits per heavy atom. The summed E-state index contributed by atoms with van der Waals surface area (Å²) in [6, 6.07) is 2.99. The molecule has 0 aliphatic rings. The Bertz CT molecular complexity index is 339. The van der Waals surface area contributed by atoms with Gasteiger partial charge in [0.2, 0.25) is 0 Å². The number of hydrogen-bond donors (Lipinski definition) is 0. The number of hydrogen-bond acceptors (Lipinski definition) is 2. The van der Waals surface area contributed by atoms with E-state index in [1.165, 1.54) is 23.2 Å². The van der Waals surface area contributed by atoms with Crippen LogP contribution in [0.1, 0.15) is 10.4 Å². The quantitative estimate of drug-likeness (QED) is 0.380. The molecule has 5 heteroatoms. The van der Waals surface area contributed by atoms with Gasteiger partial charge in [-0.1, -0.05) is 0 Å². The first-order chi connectivity index (χ1) is 6.04. The van der Waals surface area contributed by atoms with E-state index in [2.05, 4.69) is 0 Å². The van der Waals surface area contributed by atoms with Gasteiger partial charge in [0.25, 0.3) is 11.1 Å². The second-order valence-electron chi connectivity index (χ2n) is 2.74. The summed E-state index contributed by atoms with van der Waals surface area (Å²) in [5.74, 6) is -0.282. The van der Waals surface area contributed by atoms with Crippen LogP contribution in [0.3, 0.4) is 0 Å². The largest absolute Gasteiger partial charge is 0.618 e. The highest BCUT2D eigenvalue weighted by molar-refractivity contribution is 6.31. The maximum absolute atomic E-state index is 11.4. The SMILES string of the molecule is CN(C)C(=O)c1ccc[n+]([O-])c1Cl. The van der Waals surface area contributed by atoms with Gasteiger partial charge in [-0.15, -0.1) is 0 Å². The van der Waals surface area contributed by atoms with Gasteiger partial charge in [0.1, 0.15) is 5.56 Å². The highest BCUT2D eigenvalue weighted by atomic mass is 35.5. The van der Waals surface area contributed by atoms with Gasteiger partial charge in [-0.2, -0.15) is 4.73 Å². The summed E-state index contributed by atoms with van der Waals surface area (Å²) in [4.78, 5) is 12.8. The third-order valence-corrected chi connectivity index (χ3v) is 1.91. The van der Waals surface area contributed by atoms with Crippen molar-refractivity contribution in [1.82, 2.24) is 4.90 Å². The summed E-state index contributed by atoms with van der Waals surface area (Å²) >= 11 is 5.64. The lowest BCUT2D eigenvalue weighted by molar-refractivity contribution is -0.603. The fraction of sp³-hybridized carbons (Fsp3) is 0.250. The van der Waals surface area contributed by atoms with E-state index in [9.17, 15) is 10.0 Å². The highest BCUT2D eigenvalue weighted by Gasteiger charge is 2.17. The van der Waals surface area contributed by atoms with Crippen LogP contribution in [-0.4, -0.2) is 24.9 Å². The summed E-state index contributed by atoms with van der Waals surface area (Å²) < 4.78 is 0.457. The predicted molar refractivity (Wildman–Crippen MR) is 48.4 cm³/mol. The van der Waals surface area contributed by atoms with Crippen molar-refractivity contribution in [2.75, 3.05) is 14.1 Å². The minimum absolute atomic E-state index is 0.0961. The minimum atomic E-state index is -0.282. The Labute approximate surface area is 80.9 Å². The lowest BCUT2D eigenvalue weighted by Crippen LogP contribution is -2.31. The summed E-state index contributed by atoms with van der Waals surface area (Å²) in [6.45, 7) is 0. The van der Waals surface area contributed by atoms with Crippen LogP contribution < -0.4 is 4.73 Å². The summed E-state index contributed by atoms with van der Waals surface area (Å²) in [7, 11) is 3.20. The number of pyridine rings is 1. The fourth-order valence-electron chi connectivity index (χ4n) is 0.871. The maximum atomic E-state index is 11.4. The van der Waals surface area contributed by atoms with Gasteiger partial charge < -0.3 is 10.1 Å². The van der Waals surface area contributed by atoms with Gasteiger partial charge in [0.15, 0.2) is 6.20 Å². The zero-order valence-electron chi connectivity index (χ0n) is 7.32. The van der Waals surface area contributed by atoms with Crippen LogP contribution in [0.15, 0.2) is 18.3 Å². The van der Waals surface area contributed by atoms with Gasteiger partial charge >= 0.3 is 0 Å². The monoisotopic (exact) mass is 200 g/mol. The Hall–Kier alpha value is -1.29. The van der Waals surface area contributed by atoms with E-state index < -0.39 is 0 Å². The molecule has 13 heavy (non-hydrogen) atoms. The Morgan fingerprint density at radius 1 is 1.62 bits per heavy atom. The van der Waals surface area contributed by atoms with Crippen molar-refractivity contribution in [1.29, 1.82) is 0 Å². The van der Waals surface area contributed by atoms with Gasteiger partial charge in [-0.05, 0) is 17.7 Å². The smallest absolute Gasteiger partial charge is 0.299 e. The predicted octanol–water partition coefficient (Wildman–Crippen LogP) is 0.675. The molecule has 0 aromatic carbocycles. The maximum Gasteiger partial charge on any atom is 0.299 e. The van der Waals surface area contributed by atoms with Crippen LogP contribution in [0.4, 0.5) is 0 Å². The van der Waals surface area contributed by atoms with Crippen molar-refractivity contribution in [2.45, 2.75) is 0 Å². The summed E-state index contributed by atoms with van der Waals surface area (Å²) in [5.41, 5.74) is 0.212. The van der Waals surface area contributed by atoms with E-state index in [1.807, 2.05) is 0 Å². The molecule has 0 radical (unpaired) electrons. The van der Waals surface area contributed by atoms with Crippen molar-refractivity contribution in [3.05, 3.63) is 34.3 Å². The molecule has 1 aromatic rings. The zero-order valence-corrected chi connectivity index (χ0v) is 8.08. The Kier molecular flexibility index (Phi) is 2.72. The number of rotatable bonds is 1. The van der Waals surface area contributed by atoms with Crippen molar-refractivity contribution < 1.29 is 9.52 Å². The van der Waals surface area contributed by atoms with E-state index in [0.717, 1.165) is 0 Å². The molecule has 0 saturated heterocycles. The van der Waals surface area contributed by atoms with Crippen LogP contribution >= 0.6 is 11.6 Å². The van der Waals surface area contributed by atoms with Crippen molar-refractivity contribution in [2.24, 2.45) is 0 Å². The first-order valence-electron chi connectivity index (χ1n) is 3.63. The molecule has 0 aliphatic heterocycles. The van der Waals surface area contributed by atoms with Crippen molar-refractivity contribution in [3.63, 3.8) is 0 Å². The lowest BCUT2D eigenvalue weighted by Gasteiger charge is -2.10. The van der Waals surface area contributed by atoms with Crippen LogP contribution in [0.2, 0.25) is 5.15 Å². The molecule has 0 bridgehead atoms. The molecule has 1 heterocycles. The Morgan fingerprint density at radius 3 is 2.77 bits per heavy atom. The molecule has 0 atom stereocenters. The van der Waals surface area contributed by atoms with Crippen LogP contribution in [0.25, 0.3) is 0 Å². The van der Waals surface area contributed by atoms with Crippen molar-refractivity contribution in [3.8, 4) is 0 Å². The van der Waals surface area contributed by atoms with Crippen molar-refractivity contribution >= 4 is 17.5 Å². The standard InChI is InChI=1S/C8H9ClN2O2/c1-10(2)8(12)6-4-3-5-11(13)7(6)9/h3-5H,1-2H3. The molecule has 0 spiro atoms. The third kappa shape index (κ3) is 1.89.